The van der Waals surface area contributed by atoms with Crippen LogP contribution in [0.25, 0.3) is 0 Å². The Morgan fingerprint density at radius 1 is 1.14 bits per heavy atom. The highest BCUT2D eigenvalue weighted by Crippen LogP contribution is 2.17. The fourth-order valence-electron chi connectivity index (χ4n) is 1.79. The van der Waals surface area contributed by atoms with E-state index in [1.807, 2.05) is 31.2 Å². The van der Waals surface area contributed by atoms with Crippen LogP contribution < -0.4 is 14.8 Å². The van der Waals surface area contributed by atoms with Gasteiger partial charge in [-0.3, -0.25) is 4.79 Å². The van der Waals surface area contributed by atoms with Crippen LogP contribution in [0.3, 0.4) is 0 Å². The van der Waals surface area contributed by atoms with E-state index in [0.29, 0.717) is 25.5 Å². The molecular weight excluding hydrogens is 306 g/mol. The molecule has 1 aromatic heterocycles. The lowest BCUT2D eigenvalue weighted by molar-refractivity contribution is 0.0918. The number of alkyl halides is 1. The van der Waals surface area contributed by atoms with Gasteiger partial charge in [-0.2, -0.15) is 0 Å². The number of nitrogens with one attached hydrogen (secondary N) is 1. The van der Waals surface area contributed by atoms with Crippen LogP contribution >= 0.6 is 11.6 Å². The SMILES string of the molecule is CCOc1ccc(OCCNC(=O)c2ccc(CCl)o2)cc1. The summed E-state index contributed by atoms with van der Waals surface area (Å²) in [6.45, 7) is 3.30. The van der Waals surface area contributed by atoms with E-state index in [0.717, 1.165) is 11.5 Å². The van der Waals surface area contributed by atoms with E-state index < -0.39 is 0 Å². The second kappa shape index (κ2) is 8.34. The third-order valence-corrected chi connectivity index (χ3v) is 3.07. The first-order chi connectivity index (χ1) is 10.7. The standard InChI is InChI=1S/C16H18ClNO4/c1-2-20-12-3-5-13(6-4-12)21-10-9-18-16(19)15-8-7-14(11-17)22-15/h3-8H,2,9-11H2,1H3,(H,18,19). The number of furan rings is 1. The van der Waals surface area contributed by atoms with Gasteiger partial charge in [0.25, 0.3) is 5.91 Å². The Labute approximate surface area is 134 Å². The molecule has 5 nitrogen and oxygen atoms in total. The minimum Gasteiger partial charge on any atom is -0.494 e. The van der Waals surface area contributed by atoms with E-state index in [4.69, 9.17) is 25.5 Å². The van der Waals surface area contributed by atoms with Crippen LogP contribution in [0.15, 0.2) is 40.8 Å². The second-order valence-electron chi connectivity index (χ2n) is 4.41. The molecule has 22 heavy (non-hydrogen) atoms. The minimum atomic E-state index is -0.285. The molecule has 1 amide bonds. The van der Waals surface area contributed by atoms with Crippen LogP contribution in [0.1, 0.15) is 23.2 Å². The molecule has 2 aromatic rings. The van der Waals surface area contributed by atoms with Crippen molar-refractivity contribution in [3.8, 4) is 11.5 Å². The Kier molecular flexibility index (Phi) is 6.15. The van der Waals surface area contributed by atoms with Crippen LogP contribution in [0, 0.1) is 0 Å². The maximum absolute atomic E-state index is 11.8. The molecule has 0 saturated carbocycles. The molecule has 0 aliphatic rings. The summed E-state index contributed by atoms with van der Waals surface area (Å²) in [5, 5.41) is 2.71. The number of rotatable bonds is 8. The van der Waals surface area contributed by atoms with Crippen molar-refractivity contribution in [3.63, 3.8) is 0 Å². The molecule has 0 aliphatic carbocycles. The van der Waals surface area contributed by atoms with E-state index in [-0.39, 0.29) is 17.5 Å². The lowest BCUT2D eigenvalue weighted by Crippen LogP contribution is -2.27. The molecule has 0 saturated heterocycles. The molecule has 1 aromatic carbocycles. The molecule has 0 fully saturated rings. The van der Waals surface area contributed by atoms with Gasteiger partial charge < -0.3 is 19.2 Å². The zero-order chi connectivity index (χ0) is 15.8. The Hall–Kier alpha value is -2.14. The second-order valence-corrected chi connectivity index (χ2v) is 4.68. The van der Waals surface area contributed by atoms with Crippen LogP contribution in [-0.2, 0) is 5.88 Å². The van der Waals surface area contributed by atoms with Gasteiger partial charge in [0, 0.05) is 0 Å². The van der Waals surface area contributed by atoms with Crippen molar-refractivity contribution in [2.75, 3.05) is 19.8 Å². The Morgan fingerprint density at radius 2 is 1.82 bits per heavy atom. The highest BCUT2D eigenvalue weighted by molar-refractivity contribution is 6.16. The van der Waals surface area contributed by atoms with Gasteiger partial charge in [0.1, 0.15) is 23.9 Å². The number of hydrogen-bond acceptors (Lipinski definition) is 4. The van der Waals surface area contributed by atoms with Gasteiger partial charge in [-0.1, -0.05) is 0 Å². The monoisotopic (exact) mass is 323 g/mol. The summed E-state index contributed by atoms with van der Waals surface area (Å²) in [5.74, 6) is 2.30. The van der Waals surface area contributed by atoms with Gasteiger partial charge in [0.05, 0.1) is 19.0 Å². The summed E-state index contributed by atoms with van der Waals surface area (Å²) in [5.41, 5.74) is 0. The third kappa shape index (κ3) is 4.70. The first-order valence-corrected chi connectivity index (χ1v) is 7.55. The smallest absolute Gasteiger partial charge is 0.287 e. The molecule has 0 aliphatic heterocycles. The molecule has 0 unspecified atom stereocenters. The van der Waals surface area contributed by atoms with Crippen molar-refractivity contribution in [3.05, 3.63) is 47.9 Å². The largest absolute Gasteiger partial charge is 0.494 e. The lowest BCUT2D eigenvalue weighted by atomic mass is 10.3. The summed E-state index contributed by atoms with van der Waals surface area (Å²) < 4.78 is 16.1. The van der Waals surface area contributed by atoms with Crippen LogP contribution in [0.4, 0.5) is 0 Å². The Morgan fingerprint density at radius 3 is 2.41 bits per heavy atom. The fourth-order valence-corrected chi connectivity index (χ4v) is 1.93. The first kappa shape index (κ1) is 16.2. The summed E-state index contributed by atoms with van der Waals surface area (Å²) in [4.78, 5) is 11.8. The van der Waals surface area contributed by atoms with Crippen LogP contribution in [0.2, 0.25) is 0 Å². The fraction of sp³-hybridized carbons (Fsp3) is 0.312. The average Bonchev–Trinajstić information content (AvgIpc) is 3.02. The highest BCUT2D eigenvalue weighted by atomic mass is 35.5. The maximum Gasteiger partial charge on any atom is 0.287 e. The average molecular weight is 324 g/mol. The summed E-state index contributed by atoms with van der Waals surface area (Å²) in [6.07, 6.45) is 0. The molecule has 0 atom stereocenters. The number of amides is 1. The molecule has 118 valence electrons. The first-order valence-electron chi connectivity index (χ1n) is 7.01. The van der Waals surface area contributed by atoms with Gasteiger partial charge in [0.15, 0.2) is 5.76 Å². The summed E-state index contributed by atoms with van der Waals surface area (Å²) >= 11 is 5.62. The predicted octanol–water partition coefficient (Wildman–Crippen LogP) is 3.23. The van der Waals surface area contributed by atoms with E-state index >= 15 is 0 Å². The lowest BCUT2D eigenvalue weighted by Gasteiger charge is -2.08. The Bertz CT molecular complexity index is 594. The molecule has 6 heteroatoms. The van der Waals surface area contributed by atoms with Gasteiger partial charge in [-0.25, -0.2) is 0 Å². The van der Waals surface area contributed by atoms with E-state index in [2.05, 4.69) is 5.32 Å². The van der Waals surface area contributed by atoms with E-state index in [1.54, 1.807) is 12.1 Å². The normalized spacial score (nSPS) is 10.3. The number of hydrogen-bond donors (Lipinski definition) is 1. The van der Waals surface area contributed by atoms with Crippen LogP contribution in [0.5, 0.6) is 11.5 Å². The van der Waals surface area contributed by atoms with Crippen molar-refractivity contribution in [2.45, 2.75) is 12.8 Å². The zero-order valence-electron chi connectivity index (χ0n) is 12.3. The molecule has 1 heterocycles. The minimum absolute atomic E-state index is 0.244. The summed E-state index contributed by atoms with van der Waals surface area (Å²) in [7, 11) is 0. The van der Waals surface area contributed by atoms with Gasteiger partial charge in [-0.15, -0.1) is 11.6 Å². The van der Waals surface area contributed by atoms with Crippen molar-refractivity contribution >= 4 is 17.5 Å². The molecule has 0 spiro atoms. The number of benzene rings is 1. The number of carbonyl (C=O) groups is 1. The summed E-state index contributed by atoms with van der Waals surface area (Å²) in [6, 6.07) is 10.6. The van der Waals surface area contributed by atoms with E-state index in [1.165, 1.54) is 0 Å². The van der Waals surface area contributed by atoms with Crippen molar-refractivity contribution < 1.29 is 18.7 Å². The van der Waals surface area contributed by atoms with Crippen molar-refractivity contribution in [1.82, 2.24) is 5.32 Å². The van der Waals surface area contributed by atoms with Gasteiger partial charge in [-0.05, 0) is 43.3 Å². The highest BCUT2D eigenvalue weighted by Gasteiger charge is 2.10. The maximum atomic E-state index is 11.8. The van der Waals surface area contributed by atoms with Gasteiger partial charge >= 0.3 is 0 Å². The van der Waals surface area contributed by atoms with Crippen LogP contribution in [-0.4, -0.2) is 25.7 Å². The topological polar surface area (TPSA) is 60.7 Å². The predicted molar refractivity (Wildman–Crippen MR) is 83.7 cm³/mol. The van der Waals surface area contributed by atoms with Crippen molar-refractivity contribution in [1.29, 1.82) is 0 Å². The Balaban J connectivity index is 1.71. The third-order valence-electron chi connectivity index (χ3n) is 2.81. The number of halogens is 1. The zero-order valence-corrected chi connectivity index (χ0v) is 13.1. The number of carbonyl (C=O) groups excluding carboxylic acids is 1. The molecule has 2 rings (SSSR count). The van der Waals surface area contributed by atoms with E-state index in [9.17, 15) is 4.79 Å². The molecular formula is C16H18ClNO4. The molecule has 1 N–H and O–H groups in total. The molecule has 0 radical (unpaired) electrons. The van der Waals surface area contributed by atoms with Crippen molar-refractivity contribution in [2.24, 2.45) is 0 Å². The van der Waals surface area contributed by atoms with Gasteiger partial charge in [0.2, 0.25) is 0 Å². The number of ether oxygens (including phenoxy) is 2. The quantitative estimate of drug-likeness (QED) is 0.598. The molecule has 0 bridgehead atoms.